The van der Waals surface area contributed by atoms with E-state index in [1.54, 1.807) is 0 Å². The van der Waals surface area contributed by atoms with Crippen LogP contribution < -0.4 is 0 Å². The molecule has 0 atom stereocenters. The molecule has 0 rings (SSSR count). The normalized spacial score (nSPS) is 14.6. The van der Waals surface area contributed by atoms with Gasteiger partial charge in [-0.05, 0) is 55.4 Å². The van der Waals surface area contributed by atoms with Crippen LogP contribution in [0.4, 0.5) is 17.6 Å². The number of hydrogen-bond donors (Lipinski definition) is 0. The molecule has 0 aromatic rings. The second-order valence-corrected chi connectivity index (χ2v) is 11.6. The lowest BCUT2D eigenvalue weighted by molar-refractivity contribution is -0.0920. The fourth-order valence-electron chi connectivity index (χ4n) is 1.92. The Morgan fingerprint density at radius 3 is 0.966 bits per heavy atom. The van der Waals surface area contributed by atoms with E-state index < -0.39 is 64.1 Å². The molecule has 0 aromatic carbocycles. The van der Waals surface area contributed by atoms with Gasteiger partial charge in [-0.3, -0.25) is 9.13 Å². The summed E-state index contributed by atoms with van der Waals surface area (Å²) >= 11 is 0. The zero-order valence-corrected chi connectivity index (χ0v) is 19.8. The van der Waals surface area contributed by atoms with Gasteiger partial charge in [-0.25, -0.2) is 0 Å². The summed E-state index contributed by atoms with van der Waals surface area (Å²) in [5, 5.41) is 0. The van der Waals surface area contributed by atoms with Gasteiger partial charge in [-0.2, -0.15) is 17.6 Å². The van der Waals surface area contributed by atoms with Crippen LogP contribution in [0.3, 0.4) is 0 Å². The van der Waals surface area contributed by atoms with Crippen molar-refractivity contribution in [3.63, 3.8) is 0 Å². The lowest BCUT2D eigenvalue weighted by Gasteiger charge is -2.31. The van der Waals surface area contributed by atoms with E-state index in [1.807, 2.05) is 0 Å². The highest BCUT2D eigenvalue weighted by Crippen LogP contribution is 2.65. The van der Waals surface area contributed by atoms with Crippen LogP contribution in [0, 0.1) is 0 Å². The first kappa shape index (κ1) is 29.0. The summed E-state index contributed by atoms with van der Waals surface area (Å²) in [5.41, 5.74) is -8.45. The Kier molecular flexibility index (Phi) is 11.0. The summed E-state index contributed by atoms with van der Waals surface area (Å²) in [5.74, 6) is 0. The molecule has 0 aromatic heterocycles. The van der Waals surface area contributed by atoms with Crippen molar-refractivity contribution in [1.29, 1.82) is 0 Å². The topological polar surface area (TPSA) is 80.3 Å². The van der Waals surface area contributed by atoms with Crippen molar-refractivity contribution < 1.29 is 49.5 Å². The largest absolute Gasteiger partial charge is 0.402 e. The summed E-state index contributed by atoms with van der Waals surface area (Å²) in [6.07, 6.45) is -3.53. The second kappa shape index (κ2) is 11.0. The molecule has 0 unspecified atom stereocenters. The second-order valence-electron chi connectivity index (χ2n) is 7.44. The van der Waals surface area contributed by atoms with Crippen molar-refractivity contribution in [1.82, 2.24) is 0 Å². The van der Waals surface area contributed by atoms with Crippen LogP contribution in [0.1, 0.15) is 55.4 Å². The van der Waals surface area contributed by atoms with Gasteiger partial charge in [0.2, 0.25) is 0 Å². The van der Waals surface area contributed by atoms with E-state index in [-0.39, 0.29) is 0 Å². The maximum Gasteiger partial charge on any atom is 0.402 e. The molecule has 0 radical (unpaired) electrons. The summed E-state index contributed by atoms with van der Waals surface area (Å²) in [7, 11) is -10.1. The minimum atomic E-state index is -5.04. The van der Waals surface area contributed by atoms with E-state index in [2.05, 4.69) is 4.74 Å². The van der Waals surface area contributed by atoms with Crippen LogP contribution in [0.5, 0.6) is 0 Å². The molecule has 0 amide bonds. The summed E-state index contributed by atoms with van der Waals surface area (Å²) < 4.78 is 106. The van der Waals surface area contributed by atoms with Crippen LogP contribution >= 0.6 is 15.2 Å². The summed E-state index contributed by atoms with van der Waals surface area (Å²) in [4.78, 5) is 0. The van der Waals surface area contributed by atoms with Gasteiger partial charge < -0.3 is 22.8 Å². The van der Waals surface area contributed by atoms with E-state index in [0.717, 1.165) is 0 Å². The third kappa shape index (κ3) is 8.93. The highest BCUT2D eigenvalue weighted by Gasteiger charge is 2.58. The van der Waals surface area contributed by atoms with Gasteiger partial charge in [-0.1, -0.05) is 0 Å². The van der Waals surface area contributed by atoms with Crippen molar-refractivity contribution in [2.45, 2.75) is 91.1 Å². The maximum absolute atomic E-state index is 14.5. The Bertz CT molecular complexity index is 520. The van der Waals surface area contributed by atoms with Crippen molar-refractivity contribution in [2.75, 3.05) is 13.2 Å². The Hall–Kier alpha value is -0.0200. The first-order valence-corrected chi connectivity index (χ1v) is 12.2. The molecule has 0 aliphatic heterocycles. The molecule has 0 aliphatic rings. The molecule has 0 saturated carbocycles. The predicted octanol–water partition coefficient (Wildman–Crippen LogP) is 6.27. The lowest BCUT2D eigenvalue weighted by Crippen LogP contribution is -2.33. The zero-order valence-electron chi connectivity index (χ0n) is 18.0. The molecule has 0 N–H and O–H groups in total. The van der Waals surface area contributed by atoms with Gasteiger partial charge in [0.1, 0.15) is 13.2 Å². The van der Waals surface area contributed by atoms with Crippen LogP contribution in [0.2, 0.25) is 0 Å². The lowest BCUT2D eigenvalue weighted by atomic mass is 10.5. The van der Waals surface area contributed by atoms with Crippen LogP contribution in [0.15, 0.2) is 0 Å². The third-order valence-electron chi connectivity index (χ3n) is 2.75. The quantitative estimate of drug-likeness (QED) is 0.217. The van der Waals surface area contributed by atoms with Crippen LogP contribution in [-0.2, 0) is 32.0 Å². The zero-order chi connectivity index (χ0) is 23.3. The molecule has 13 heteroatoms. The highest BCUT2D eigenvalue weighted by atomic mass is 31.2. The van der Waals surface area contributed by atoms with E-state index in [9.17, 15) is 26.7 Å². The molecular weight excluding hydrogens is 442 g/mol. The fourth-order valence-corrected chi connectivity index (χ4v) is 5.36. The van der Waals surface area contributed by atoms with Crippen LogP contribution in [0.25, 0.3) is 0 Å². The van der Waals surface area contributed by atoms with Gasteiger partial charge in [0, 0.05) is 0 Å². The Balaban J connectivity index is 5.40. The van der Waals surface area contributed by atoms with E-state index in [4.69, 9.17) is 18.1 Å². The molecule has 0 heterocycles. The average molecular weight is 474 g/mol. The highest BCUT2D eigenvalue weighted by molar-refractivity contribution is 7.55. The third-order valence-corrected chi connectivity index (χ3v) is 7.41. The smallest absolute Gasteiger partial charge is 0.367 e. The summed E-state index contributed by atoms with van der Waals surface area (Å²) in [6, 6.07) is 0. The van der Waals surface area contributed by atoms with E-state index in [1.165, 1.54) is 55.4 Å². The van der Waals surface area contributed by atoms with Crippen LogP contribution in [-0.4, -0.2) is 49.0 Å². The molecule has 7 nitrogen and oxygen atoms in total. The predicted molar refractivity (Wildman–Crippen MR) is 101 cm³/mol. The number of ether oxygens (including phenoxy) is 1. The molecular formula is C16H32F4O7P2. The van der Waals surface area contributed by atoms with Crippen molar-refractivity contribution in [2.24, 2.45) is 0 Å². The monoisotopic (exact) mass is 474 g/mol. The number of halogens is 4. The molecule has 0 fully saturated rings. The Labute approximate surface area is 169 Å². The van der Waals surface area contributed by atoms with Gasteiger partial charge in [-0.15, -0.1) is 0 Å². The molecule has 176 valence electrons. The SMILES string of the molecule is CC(C)OP(=O)(OC(C)C)C(F)(F)COCC(F)(F)P(=O)(OC(C)C)OC(C)C. The van der Waals surface area contributed by atoms with E-state index in [0.29, 0.717) is 0 Å². The van der Waals surface area contributed by atoms with Crippen molar-refractivity contribution in [3.8, 4) is 0 Å². The first-order valence-electron chi connectivity index (χ1n) is 9.14. The average Bonchev–Trinajstić information content (AvgIpc) is 2.42. The summed E-state index contributed by atoms with van der Waals surface area (Å²) in [6.45, 7) is 7.51. The number of rotatable bonds is 14. The van der Waals surface area contributed by atoms with Gasteiger partial charge >= 0.3 is 26.5 Å². The van der Waals surface area contributed by atoms with Crippen molar-refractivity contribution >= 4 is 15.2 Å². The van der Waals surface area contributed by atoms with Gasteiger partial charge in [0.25, 0.3) is 0 Å². The van der Waals surface area contributed by atoms with Crippen molar-refractivity contribution in [3.05, 3.63) is 0 Å². The molecule has 0 spiro atoms. The maximum atomic E-state index is 14.5. The minimum Gasteiger partial charge on any atom is -0.367 e. The standard InChI is InChI=1S/C16H32F4O7P2/c1-11(2)24-28(21,25-12(3)4)15(17,18)9-23-10-16(19,20)29(22,26-13(5)6)27-14(7)8/h11-14H,9-10H2,1-8H3. The molecule has 0 bridgehead atoms. The van der Waals surface area contributed by atoms with Gasteiger partial charge in [0.05, 0.1) is 24.4 Å². The minimum absolute atomic E-state index is 0.883. The van der Waals surface area contributed by atoms with E-state index >= 15 is 0 Å². The number of hydrogen-bond acceptors (Lipinski definition) is 7. The molecule has 29 heavy (non-hydrogen) atoms. The Morgan fingerprint density at radius 1 is 0.586 bits per heavy atom. The Morgan fingerprint density at radius 2 is 0.793 bits per heavy atom. The molecule has 0 aliphatic carbocycles. The van der Waals surface area contributed by atoms with Gasteiger partial charge in [0.15, 0.2) is 0 Å². The fraction of sp³-hybridized carbons (Fsp3) is 1.00. The molecule has 0 saturated heterocycles. The first-order chi connectivity index (χ1) is 12.9. The number of alkyl halides is 4.